The van der Waals surface area contributed by atoms with Crippen molar-refractivity contribution >= 4 is 5.91 Å². The van der Waals surface area contributed by atoms with Gasteiger partial charge in [0.15, 0.2) is 0 Å². The molecule has 88 valence electrons. The maximum Gasteiger partial charge on any atom is 0.234 e. The molecular formula is C11H16N2O3. The van der Waals surface area contributed by atoms with E-state index in [-0.39, 0.29) is 5.91 Å². The van der Waals surface area contributed by atoms with E-state index in [1.165, 1.54) is 0 Å². The number of amides is 1. The van der Waals surface area contributed by atoms with Crippen molar-refractivity contribution in [2.45, 2.75) is 12.8 Å². The smallest absolute Gasteiger partial charge is 0.234 e. The van der Waals surface area contributed by atoms with Crippen molar-refractivity contribution in [2.75, 3.05) is 14.2 Å². The Morgan fingerprint density at radius 1 is 1.38 bits per heavy atom. The summed E-state index contributed by atoms with van der Waals surface area (Å²) in [6.07, 6.45) is 0.912. The average molecular weight is 224 g/mol. The van der Waals surface area contributed by atoms with Crippen LogP contribution < -0.4 is 20.7 Å². The van der Waals surface area contributed by atoms with E-state index in [1.807, 2.05) is 12.1 Å². The number of nitrogens with one attached hydrogen (secondary N) is 1. The van der Waals surface area contributed by atoms with E-state index in [4.69, 9.17) is 15.3 Å². The molecule has 5 nitrogen and oxygen atoms in total. The quantitative estimate of drug-likeness (QED) is 0.437. The highest BCUT2D eigenvalue weighted by molar-refractivity contribution is 5.75. The van der Waals surface area contributed by atoms with Gasteiger partial charge in [0, 0.05) is 12.5 Å². The first-order valence-electron chi connectivity index (χ1n) is 4.91. The number of carbonyl (C=O) groups excluding carboxylic acids is 1. The molecule has 0 unspecified atom stereocenters. The topological polar surface area (TPSA) is 73.6 Å². The molecule has 0 aromatic heterocycles. The normalized spacial score (nSPS) is 9.69. The lowest BCUT2D eigenvalue weighted by Gasteiger charge is -2.09. The minimum Gasteiger partial charge on any atom is -0.497 e. The minimum absolute atomic E-state index is 0.196. The lowest BCUT2D eigenvalue weighted by atomic mass is 10.1. The largest absolute Gasteiger partial charge is 0.497 e. The zero-order valence-electron chi connectivity index (χ0n) is 9.45. The number of benzene rings is 1. The third-order valence-corrected chi connectivity index (χ3v) is 2.28. The van der Waals surface area contributed by atoms with Crippen molar-refractivity contribution in [3.8, 4) is 11.5 Å². The molecule has 1 aromatic carbocycles. The monoisotopic (exact) mass is 224 g/mol. The molecule has 0 aliphatic heterocycles. The van der Waals surface area contributed by atoms with Gasteiger partial charge < -0.3 is 9.47 Å². The maximum absolute atomic E-state index is 11.0. The van der Waals surface area contributed by atoms with E-state index in [9.17, 15) is 4.79 Å². The molecule has 5 heteroatoms. The van der Waals surface area contributed by atoms with Crippen molar-refractivity contribution in [3.05, 3.63) is 23.8 Å². The number of carbonyl (C=O) groups is 1. The summed E-state index contributed by atoms with van der Waals surface area (Å²) in [5.41, 5.74) is 3.04. The van der Waals surface area contributed by atoms with Crippen molar-refractivity contribution < 1.29 is 14.3 Å². The maximum atomic E-state index is 11.0. The van der Waals surface area contributed by atoms with Gasteiger partial charge in [-0.05, 0) is 18.1 Å². The summed E-state index contributed by atoms with van der Waals surface area (Å²) in [5.74, 6) is 6.24. The molecule has 0 spiro atoms. The summed E-state index contributed by atoms with van der Waals surface area (Å²) < 4.78 is 10.3. The van der Waals surface area contributed by atoms with Gasteiger partial charge in [0.1, 0.15) is 11.5 Å². The Kier molecular flexibility index (Phi) is 4.60. The Balaban J connectivity index is 2.75. The second-order valence-corrected chi connectivity index (χ2v) is 3.25. The number of nitrogens with two attached hydrogens (primary N) is 1. The van der Waals surface area contributed by atoms with Gasteiger partial charge in [-0.25, -0.2) is 5.84 Å². The Morgan fingerprint density at radius 2 is 2.12 bits per heavy atom. The van der Waals surface area contributed by atoms with E-state index in [2.05, 4.69) is 5.43 Å². The summed E-state index contributed by atoms with van der Waals surface area (Å²) in [4.78, 5) is 11.0. The van der Waals surface area contributed by atoms with Gasteiger partial charge in [-0.2, -0.15) is 0 Å². The number of methoxy groups -OCH3 is 2. The van der Waals surface area contributed by atoms with Crippen LogP contribution in [0.15, 0.2) is 18.2 Å². The highest BCUT2D eigenvalue weighted by Crippen LogP contribution is 2.25. The number of hydrogen-bond acceptors (Lipinski definition) is 4. The van der Waals surface area contributed by atoms with Crippen molar-refractivity contribution in [2.24, 2.45) is 5.84 Å². The summed E-state index contributed by atoms with van der Waals surface area (Å²) >= 11 is 0. The Bertz CT molecular complexity index is 366. The van der Waals surface area contributed by atoms with E-state index >= 15 is 0 Å². The summed E-state index contributed by atoms with van der Waals surface area (Å²) in [5, 5.41) is 0. The Hall–Kier alpha value is -1.75. The zero-order chi connectivity index (χ0) is 12.0. The predicted octanol–water partition coefficient (Wildman–Crippen LogP) is 0.626. The van der Waals surface area contributed by atoms with E-state index in [0.29, 0.717) is 18.6 Å². The molecule has 0 heterocycles. The molecule has 0 bridgehead atoms. The standard InChI is InChI=1S/C11H16N2O3/c1-15-9-5-3-8(10(7-9)16-2)4-6-11(14)13-12/h3,5,7H,4,6,12H2,1-2H3,(H,13,14). The van der Waals surface area contributed by atoms with E-state index in [0.717, 1.165) is 11.3 Å². The average Bonchev–Trinajstić information content (AvgIpc) is 2.35. The molecule has 0 fully saturated rings. The molecule has 0 radical (unpaired) electrons. The first-order valence-corrected chi connectivity index (χ1v) is 4.91. The molecule has 1 amide bonds. The number of ether oxygens (including phenoxy) is 2. The number of hydrogen-bond donors (Lipinski definition) is 2. The van der Waals surface area contributed by atoms with Crippen LogP contribution in [0.25, 0.3) is 0 Å². The first-order chi connectivity index (χ1) is 7.71. The molecule has 0 saturated carbocycles. The van der Waals surface area contributed by atoms with Gasteiger partial charge in [-0.1, -0.05) is 6.07 Å². The Morgan fingerprint density at radius 3 is 2.69 bits per heavy atom. The molecule has 3 N–H and O–H groups in total. The number of aryl methyl sites for hydroxylation is 1. The second kappa shape index (κ2) is 5.97. The molecule has 0 aliphatic rings. The van der Waals surface area contributed by atoms with E-state index < -0.39 is 0 Å². The van der Waals surface area contributed by atoms with Crippen LogP contribution in [0.4, 0.5) is 0 Å². The molecule has 0 atom stereocenters. The van der Waals surface area contributed by atoms with Gasteiger partial charge in [0.25, 0.3) is 0 Å². The van der Waals surface area contributed by atoms with Crippen LogP contribution >= 0.6 is 0 Å². The summed E-state index contributed by atoms with van der Waals surface area (Å²) in [6.45, 7) is 0. The molecule has 1 aromatic rings. The molecule has 16 heavy (non-hydrogen) atoms. The fourth-order valence-electron chi connectivity index (χ4n) is 1.38. The zero-order valence-corrected chi connectivity index (χ0v) is 9.45. The van der Waals surface area contributed by atoms with Crippen LogP contribution in [-0.2, 0) is 11.2 Å². The third kappa shape index (κ3) is 3.13. The summed E-state index contributed by atoms with van der Waals surface area (Å²) in [7, 11) is 3.18. The fourth-order valence-corrected chi connectivity index (χ4v) is 1.38. The number of rotatable bonds is 5. The lowest BCUT2D eigenvalue weighted by molar-refractivity contribution is -0.121. The van der Waals surface area contributed by atoms with Crippen LogP contribution in [0.3, 0.4) is 0 Å². The first kappa shape index (κ1) is 12.3. The summed E-state index contributed by atoms with van der Waals surface area (Å²) in [6, 6.07) is 5.50. The van der Waals surface area contributed by atoms with Crippen molar-refractivity contribution in [1.82, 2.24) is 5.43 Å². The van der Waals surface area contributed by atoms with Crippen molar-refractivity contribution in [1.29, 1.82) is 0 Å². The highest BCUT2D eigenvalue weighted by Gasteiger charge is 2.07. The van der Waals surface area contributed by atoms with Gasteiger partial charge in [-0.3, -0.25) is 10.2 Å². The van der Waals surface area contributed by atoms with Crippen LogP contribution in [0.2, 0.25) is 0 Å². The van der Waals surface area contributed by atoms with Crippen LogP contribution in [-0.4, -0.2) is 20.1 Å². The number of hydrazine groups is 1. The highest BCUT2D eigenvalue weighted by atomic mass is 16.5. The minimum atomic E-state index is -0.196. The molecular weight excluding hydrogens is 208 g/mol. The van der Waals surface area contributed by atoms with Crippen LogP contribution in [0, 0.1) is 0 Å². The van der Waals surface area contributed by atoms with Gasteiger partial charge in [0.05, 0.1) is 14.2 Å². The third-order valence-electron chi connectivity index (χ3n) is 2.28. The Labute approximate surface area is 94.5 Å². The molecule has 0 aliphatic carbocycles. The van der Waals surface area contributed by atoms with Gasteiger partial charge in [0.2, 0.25) is 5.91 Å². The van der Waals surface area contributed by atoms with Gasteiger partial charge in [-0.15, -0.1) is 0 Å². The lowest BCUT2D eigenvalue weighted by Crippen LogP contribution is -2.30. The SMILES string of the molecule is COc1ccc(CCC(=O)NN)c(OC)c1. The fraction of sp³-hybridized carbons (Fsp3) is 0.364. The van der Waals surface area contributed by atoms with Crippen molar-refractivity contribution in [3.63, 3.8) is 0 Å². The molecule has 0 saturated heterocycles. The van der Waals surface area contributed by atoms with E-state index in [1.54, 1.807) is 20.3 Å². The molecule has 1 rings (SSSR count). The second-order valence-electron chi connectivity index (χ2n) is 3.25. The predicted molar refractivity (Wildman–Crippen MR) is 60.2 cm³/mol. The van der Waals surface area contributed by atoms with Crippen LogP contribution in [0.5, 0.6) is 11.5 Å². The van der Waals surface area contributed by atoms with Gasteiger partial charge >= 0.3 is 0 Å². The van der Waals surface area contributed by atoms with Crippen LogP contribution in [0.1, 0.15) is 12.0 Å².